The van der Waals surface area contributed by atoms with Gasteiger partial charge in [0.2, 0.25) is 0 Å². The average Bonchev–Trinajstić information content (AvgIpc) is 1.83. The van der Waals surface area contributed by atoms with Crippen molar-refractivity contribution in [1.82, 2.24) is 0 Å². The topological polar surface area (TPSA) is 105 Å². The lowest BCUT2D eigenvalue weighted by Crippen LogP contribution is -2.17. The van der Waals surface area contributed by atoms with Crippen LogP contribution in [0.2, 0.25) is 0 Å². The van der Waals surface area contributed by atoms with Crippen molar-refractivity contribution in [1.29, 1.82) is 0 Å². The molecule has 0 atom stereocenters. The van der Waals surface area contributed by atoms with Crippen LogP contribution in [0.1, 0.15) is 20.8 Å². The van der Waals surface area contributed by atoms with Crippen molar-refractivity contribution < 1.29 is 29.7 Å². The van der Waals surface area contributed by atoms with Gasteiger partial charge in [-0.1, -0.05) is 0 Å². The zero-order valence-electron chi connectivity index (χ0n) is 7.47. The summed E-state index contributed by atoms with van der Waals surface area (Å²) >= 11 is 0. The second-order valence-corrected chi connectivity index (χ2v) is 2.74. The van der Waals surface area contributed by atoms with Gasteiger partial charge >= 0.3 is 6.16 Å². The summed E-state index contributed by atoms with van der Waals surface area (Å²) in [5.41, 5.74) is -0.444. The van der Waals surface area contributed by atoms with Gasteiger partial charge in [0.25, 0.3) is 6.08 Å². The van der Waals surface area contributed by atoms with Crippen molar-refractivity contribution in [2.24, 2.45) is 5.16 Å². The molecule has 0 unspecified atom stereocenters. The molecule has 0 aromatic heterocycles. The van der Waals surface area contributed by atoms with Gasteiger partial charge in [-0.05, 0) is 20.8 Å². The monoisotopic (exact) mass is 193 g/mol. The fourth-order valence-electron chi connectivity index (χ4n) is 0.146. The number of rotatable bonds is 2. The number of nitrogens with zero attached hydrogens (tertiary/aromatic N) is 1. The van der Waals surface area contributed by atoms with E-state index in [4.69, 9.17) is 15.0 Å². The molecule has 0 saturated carbocycles. The third-order valence-electron chi connectivity index (χ3n) is 0.362. The predicted molar refractivity (Wildman–Crippen MR) is 40.7 cm³/mol. The molecule has 0 aromatic carbocycles. The molecule has 0 fully saturated rings. The Balaban J connectivity index is 0. The van der Waals surface area contributed by atoms with E-state index in [1.165, 1.54) is 6.08 Å². The van der Waals surface area contributed by atoms with Gasteiger partial charge in [-0.15, -0.1) is 0 Å². The lowest BCUT2D eigenvalue weighted by molar-refractivity contribution is -0.349. The van der Waals surface area contributed by atoms with Crippen LogP contribution in [0.3, 0.4) is 0 Å². The Hall–Kier alpha value is -1.59. The first-order valence-electron chi connectivity index (χ1n) is 3.13. The van der Waals surface area contributed by atoms with Gasteiger partial charge < -0.3 is 10.2 Å². The van der Waals surface area contributed by atoms with Gasteiger partial charge in [-0.3, -0.25) is 0 Å². The van der Waals surface area contributed by atoms with Gasteiger partial charge in [0.1, 0.15) is 5.60 Å². The third kappa shape index (κ3) is 37.9. The van der Waals surface area contributed by atoms with Crippen LogP contribution in [-0.4, -0.2) is 28.0 Å². The van der Waals surface area contributed by atoms with E-state index in [1.807, 2.05) is 0 Å². The van der Waals surface area contributed by atoms with Crippen LogP contribution in [0.25, 0.3) is 0 Å². The number of carbonyl (C=O) groups excluding carboxylic acids is 1. The zero-order chi connectivity index (χ0) is 10.9. The number of carboxylic acid groups (broad SMARTS) is 2. The number of hydrogen-bond acceptors (Lipinski definition) is 5. The molecule has 0 saturated heterocycles. The van der Waals surface area contributed by atoms with E-state index in [2.05, 4.69) is 15.0 Å². The number of carbonyl (C=O) groups is 1. The van der Waals surface area contributed by atoms with Crippen LogP contribution in [0.15, 0.2) is 5.16 Å². The van der Waals surface area contributed by atoms with Crippen molar-refractivity contribution in [3.05, 3.63) is 0 Å². The van der Waals surface area contributed by atoms with Crippen LogP contribution in [-0.2, 0) is 14.7 Å². The predicted octanol–water partition coefficient (Wildman–Crippen LogP) is 1.21. The SMILES string of the molecule is CC(C)(C)OON=C=O.O=C(O)O. The summed E-state index contributed by atoms with van der Waals surface area (Å²) in [4.78, 5) is 26.5. The minimum atomic E-state index is -1.83. The first-order valence-corrected chi connectivity index (χ1v) is 3.13. The highest BCUT2D eigenvalue weighted by Gasteiger charge is 2.11. The maximum absolute atomic E-state index is 9.39. The van der Waals surface area contributed by atoms with E-state index < -0.39 is 11.8 Å². The quantitative estimate of drug-likeness (QED) is 0.295. The van der Waals surface area contributed by atoms with E-state index in [0.29, 0.717) is 0 Å². The molecule has 0 heterocycles. The lowest BCUT2D eigenvalue weighted by Gasteiger charge is -2.12. The number of isocyanates is 1. The lowest BCUT2D eigenvalue weighted by atomic mass is 10.2. The normalized spacial score (nSPS) is 8.85. The smallest absolute Gasteiger partial charge is 0.450 e. The molecule has 2 N–H and O–H groups in total. The van der Waals surface area contributed by atoms with Gasteiger partial charge in [0.05, 0.1) is 0 Å². The van der Waals surface area contributed by atoms with E-state index >= 15 is 0 Å². The Morgan fingerprint density at radius 1 is 1.38 bits per heavy atom. The molecule has 7 nitrogen and oxygen atoms in total. The van der Waals surface area contributed by atoms with E-state index in [1.54, 1.807) is 20.8 Å². The van der Waals surface area contributed by atoms with Gasteiger partial charge in [-0.2, -0.15) is 4.89 Å². The molecular formula is C6H11NO6. The first kappa shape index (κ1) is 14.0. The molecule has 0 spiro atoms. The number of hydrogen-bond donors (Lipinski definition) is 2. The summed E-state index contributed by atoms with van der Waals surface area (Å²) in [7, 11) is 0. The minimum absolute atomic E-state index is 0.444. The third-order valence-corrected chi connectivity index (χ3v) is 0.362. The van der Waals surface area contributed by atoms with Gasteiger partial charge in [0.15, 0.2) is 0 Å². The molecule has 0 aliphatic carbocycles. The van der Waals surface area contributed by atoms with Crippen LogP contribution in [0, 0.1) is 0 Å². The average molecular weight is 193 g/mol. The minimum Gasteiger partial charge on any atom is -0.450 e. The van der Waals surface area contributed by atoms with Gasteiger partial charge in [0, 0.05) is 5.16 Å². The van der Waals surface area contributed by atoms with Gasteiger partial charge in [-0.25, -0.2) is 14.6 Å². The van der Waals surface area contributed by atoms with Crippen molar-refractivity contribution in [3.63, 3.8) is 0 Å². The Morgan fingerprint density at radius 2 is 1.77 bits per heavy atom. The summed E-state index contributed by atoms with van der Waals surface area (Å²) in [5, 5.41) is 16.7. The van der Waals surface area contributed by atoms with E-state index in [0.717, 1.165) is 0 Å². The van der Waals surface area contributed by atoms with E-state index in [9.17, 15) is 4.79 Å². The second-order valence-electron chi connectivity index (χ2n) is 2.74. The van der Waals surface area contributed by atoms with Crippen molar-refractivity contribution in [2.45, 2.75) is 26.4 Å². The van der Waals surface area contributed by atoms with Crippen LogP contribution in [0.4, 0.5) is 4.79 Å². The summed E-state index contributed by atoms with van der Waals surface area (Å²) in [5.74, 6) is 0. The van der Waals surface area contributed by atoms with Crippen LogP contribution >= 0.6 is 0 Å². The standard InChI is InChI=1S/C5H9NO3.CH2O3/c1-5(2,3)8-9-6-4-7;2-1(3)4/h1-3H3;(H2,2,3,4). The fourth-order valence-corrected chi connectivity index (χ4v) is 0.146. The Labute approximate surface area is 74.5 Å². The molecule has 0 aromatic rings. The molecule has 13 heavy (non-hydrogen) atoms. The Morgan fingerprint density at radius 3 is 2.00 bits per heavy atom. The zero-order valence-corrected chi connectivity index (χ0v) is 7.47. The molecule has 0 radical (unpaired) electrons. The highest BCUT2D eigenvalue weighted by molar-refractivity contribution is 5.53. The van der Waals surface area contributed by atoms with Crippen molar-refractivity contribution in [2.75, 3.05) is 0 Å². The summed E-state index contributed by atoms with van der Waals surface area (Å²) < 4.78 is 0. The summed E-state index contributed by atoms with van der Waals surface area (Å²) in [6, 6.07) is 0. The van der Waals surface area contributed by atoms with Crippen LogP contribution < -0.4 is 0 Å². The molecule has 0 rings (SSSR count). The van der Waals surface area contributed by atoms with E-state index in [-0.39, 0.29) is 0 Å². The molecular weight excluding hydrogens is 182 g/mol. The second kappa shape index (κ2) is 7.08. The fraction of sp³-hybridized carbons (Fsp3) is 0.667. The van der Waals surface area contributed by atoms with Crippen LogP contribution in [0.5, 0.6) is 0 Å². The molecule has 0 aliphatic rings. The highest BCUT2D eigenvalue weighted by Crippen LogP contribution is 2.06. The Bertz CT molecular complexity index is 186. The first-order chi connectivity index (χ1) is 5.79. The molecule has 0 amide bonds. The Kier molecular flexibility index (Phi) is 7.61. The maximum atomic E-state index is 9.39. The molecule has 76 valence electrons. The molecule has 7 heteroatoms. The largest absolute Gasteiger partial charge is 0.503 e. The molecule has 0 aliphatic heterocycles. The summed E-state index contributed by atoms with van der Waals surface area (Å²) in [6.45, 7) is 5.31. The van der Waals surface area contributed by atoms with Crippen molar-refractivity contribution >= 4 is 12.2 Å². The maximum Gasteiger partial charge on any atom is 0.503 e. The van der Waals surface area contributed by atoms with Crippen molar-refractivity contribution in [3.8, 4) is 0 Å². The molecule has 0 bridgehead atoms. The highest BCUT2D eigenvalue weighted by atomic mass is 17.3. The summed E-state index contributed by atoms with van der Waals surface area (Å²) in [6.07, 6.45) is -0.665.